The maximum Gasteiger partial charge on any atom is 0.123 e. The zero-order valence-corrected chi connectivity index (χ0v) is 10.7. The predicted molar refractivity (Wildman–Crippen MR) is 70.0 cm³/mol. The van der Waals surface area contributed by atoms with Gasteiger partial charge in [-0.05, 0) is 43.9 Å². The number of hydrogen-bond donors (Lipinski definition) is 1. The molecule has 1 saturated carbocycles. The van der Waals surface area contributed by atoms with Gasteiger partial charge in [-0.15, -0.1) is 0 Å². The first-order valence-corrected chi connectivity index (χ1v) is 6.31. The van der Waals surface area contributed by atoms with Crippen LogP contribution in [-0.2, 0) is 13.6 Å². The molecule has 1 N–H and O–H groups in total. The van der Waals surface area contributed by atoms with Crippen molar-refractivity contribution in [2.45, 2.75) is 39.3 Å². The summed E-state index contributed by atoms with van der Waals surface area (Å²) in [6.45, 7) is 5.22. The van der Waals surface area contributed by atoms with Gasteiger partial charge in [0.05, 0.1) is 17.6 Å². The van der Waals surface area contributed by atoms with Gasteiger partial charge in [-0.3, -0.25) is 0 Å². The van der Waals surface area contributed by atoms with Crippen molar-refractivity contribution in [3.05, 3.63) is 29.1 Å². The van der Waals surface area contributed by atoms with E-state index >= 15 is 0 Å². The topological polar surface area (TPSA) is 29.9 Å². The molecule has 3 nitrogen and oxygen atoms in total. The highest BCUT2D eigenvalue weighted by atomic mass is 15.1. The first kappa shape index (κ1) is 10.8. The van der Waals surface area contributed by atoms with E-state index < -0.39 is 0 Å². The lowest BCUT2D eigenvalue weighted by Gasteiger charge is -2.06. The number of benzene rings is 1. The molecule has 1 aromatic heterocycles. The number of hydrogen-bond acceptors (Lipinski definition) is 2. The zero-order chi connectivity index (χ0) is 12.0. The van der Waals surface area contributed by atoms with Crippen molar-refractivity contribution in [1.29, 1.82) is 0 Å². The van der Waals surface area contributed by atoms with Crippen LogP contribution in [0.4, 0.5) is 0 Å². The molecule has 0 unspecified atom stereocenters. The number of imidazole rings is 1. The molecule has 1 fully saturated rings. The lowest BCUT2D eigenvalue weighted by Crippen LogP contribution is -2.18. The van der Waals surface area contributed by atoms with Crippen LogP contribution >= 0.6 is 0 Å². The van der Waals surface area contributed by atoms with Crippen molar-refractivity contribution in [3.63, 3.8) is 0 Å². The molecule has 90 valence electrons. The molecule has 0 aliphatic heterocycles. The molecule has 1 aliphatic carbocycles. The normalized spacial score (nSPS) is 15.7. The van der Waals surface area contributed by atoms with E-state index in [0.717, 1.165) is 23.9 Å². The zero-order valence-electron chi connectivity index (χ0n) is 10.7. The molecular weight excluding hydrogens is 210 g/mol. The summed E-state index contributed by atoms with van der Waals surface area (Å²) in [6, 6.07) is 5.01. The second-order valence-corrected chi connectivity index (χ2v) is 5.12. The number of fused-ring (bicyclic) bond motifs is 1. The van der Waals surface area contributed by atoms with Gasteiger partial charge in [0.2, 0.25) is 0 Å². The molecule has 17 heavy (non-hydrogen) atoms. The fourth-order valence-corrected chi connectivity index (χ4v) is 2.32. The summed E-state index contributed by atoms with van der Waals surface area (Å²) in [7, 11) is 2.12. The molecule has 1 aromatic carbocycles. The van der Waals surface area contributed by atoms with Crippen LogP contribution in [0.2, 0.25) is 0 Å². The van der Waals surface area contributed by atoms with Crippen LogP contribution in [0, 0.1) is 13.8 Å². The molecule has 1 heterocycles. The number of nitrogens with one attached hydrogen (secondary N) is 1. The van der Waals surface area contributed by atoms with Gasteiger partial charge in [0.25, 0.3) is 0 Å². The average molecular weight is 229 g/mol. The predicted octanol–water partition coefficient (Wildman–Crippen LogP) is 2.44. The molecule has 3 rings (SSSR count). The smallest absolute Gasteiger partial charge is 0.123 e. The fourth-order valence-electron chi connectivity index (χ4n) is 2.32. The molecule has 0 bridgehead atoms. The van der Waals surface area contributed by atoms with Crippen LogP contribution in [0.1, 0.15) is 29.8 Å². The van der Waals surface area contributed by atoms with E-state index in [9.17, 15) is 0 Å². The quantitative estimate of drug-likeness (QED) is 0.876. The van der Waals surface area contributed by atoms with E-state index in [1.165, 1.54) is 29.5 Å². The molecule has 0 saturated heterocycles. The third-order valence-electron chi connectivity index (χ3n) is 3.78. The minimum atomic E-state index is 0.734. The Morgan fingerprint density at radius 3 is 2.82 bits per heavy atom. The summed E-state index contributed by atoms with van der Waals surface area (Å²) in [5, 5.41) is 3.53. The molecule has 2 aromatic rings. The van der Waals surface area contributed by atoms with Crippen molar-refractivity contribution in [1.82, 2.24) is 14.9 Å². The van der Waals surface area contributed by atoms with Gasteiger partial charge in [-0.25, -0.2) is 4.98 Å². The summed E-state index contributed by atoms with van der Waals surface area (Å²) in [5.74, 6) is 1.14. The van der Waals surface area contributed by atoms with Crippen LogP contribution in [0.15, 0.2) is 12.1 Å². The first-order valence-electron chi connectivity index (χ1n) is 6.31. The summed E-state index contributed by atoms with van der Waals surface area (Å²) < 4.78 is 2.23. The Bertz CT molecular complexity index is 564. The van der Waals surface area contributed by atoms with E-state index in [0.29, 0.717) is 0 Å². The number of rotatable bonds is 3. The molecule has 0 amide bonds. The number of aromatic nitrogens is 2. The standard InChI is InChI=1S/C14H19N3/c1-9-4-7-12-14(10(9)2)17(3)13(16-12)8-15-11-5-6-11/h4,7,11,15H,5-6,8H2,1-3H3. The largest absolute Gasteiger partial charge is 0.330 e. The SMILES string of the molecule is Cc1ccc2nc(CNC3CC3)n(C)c2c1C. The van der Waals surface area contributed by atoms with Crippen molar-refractivity contribution >= 4 is 11.0 Å². The van der Waals surface area contributed by atoms with Gasteiger partial charge < -0.3 is 9.88 Å². The third-order valence-corrected chi connectivity index (χ3v) is 3.78. The van der Waals surface area contributed by atoms with Crippen LogP contribution in [-0.4, -0.2) is 15.6 Å². The minimum absolute atomic E-state index is 0.734. The summed E-state index contributed by atoms with van der Waals surface area (Å²) in [6.07, 6.45) is 2.64. The van der Waals surface area contributed by atoms with Gasteiger partial charge >= 0.3 is 0 Å². The highest BCUT2D eigenvalue weighted by Crippen LogP contribution is 2.23. The van der Waals surface area contributed by atoms with Gasteiger partial charge in [0, 0.05) is 13.1 Å². The minimum Gasteiger partial charge on any atom is -0.330 e. The number of nitrogens with zero attached hydrogens (tertiary/aromatic N) is 2. The first-order chi connectivity index (χ1) is 8.16. The molecule has 0 atom stereocenters. The maximum atomic E-state index is 4.71. The molecule has 0 radical (unpaired) electrons. The van der Waals surface area contributed by atoms with Crippen molar-refractivity contribution in [3.8, 4) is 0 Å². The Labute approximate surface area is 102 Å². The van der Waals surface area contributed by atoms with E-state index in [4.69, 9.17) is 4.98 Å². The van der Waals surface area contributed by atoms with Gasteiger partial charge in [-0.1, -0.05) is 6.07 Å². The summed E-state index contributed by atoms with van der Waals surface area (Å²) in [4.78, 5) is 4.71. The van der Waals surface area contributed by atoms with E-state index in [1.807, 2.05) is 0 Å². The van der Waals surface area contributed by atoms with Gasteiger partial charge in [-0.2, -0.15) is 0 Å². The number of aryl methyl sites for hydroxylation is 3. The Hall–Kier alpha value is -1.35. The van der Waals surface area contributed by atoms with Crippen LogP contribution in [0.25, 0.3) is 11.0 Å². The lowest BCUT2D eigenvalue weighted by atomic mass is 10.1. The lowest BCUT2D eigenvalue weighted by molar-refractivity contribution is 0.639. The van der Waals surface area contributed by atoms with Crippen LogP contribution in [0.5, 0.6) is 0 Å². The van der Waals surface area contributed by atoms with E-state index in [2.05, 4.69) is 42.9 Å². The van der Waals surface area contributed by atoms with Crippen LogP contribution in [0.3, 0.4) is 0 Å². The molecule has 0 spiro atoms. The average Bonchev–Trinajstić information content (AvgIpc) is 3.07. The van der Waals surface area contributed by atoms with E-state index in [-0.39, 0.29) is 0 Å². The second kappa shape index (κ2) is 3.84. The van der Waals surface area contributed by atoms with Gasteiger partial charge in [0.1, 0.15) is 5.82 Å². The fraction of sp³-hybridized carbons (Fsp3) is 0.500. The van der Waals surface area contributed by atoms with Crippen molar-refractivity contribution < 1.29 is 0 Å². The second-order valence-electron chi connectivity index (χ2n) is 5.12. The molecular formula is C14H19N3. The monoisotopic (exact) mass is 229 g/mol. The Kier molecular flexibility index (Phi) is 2.44. The highest BCUT2D eigenvalue weighted by Gasteiger charge is 2.21. The Morgan fingerprint density at radius 1 is 1.35 bits per heavy atom. The maximum absolute atomic E-state index is 4.71. The Balaban J connectivity index is 2.01. The van der Waals surface area contributed by atoms with Crippen molar-refractivity contribution in [2.24, 2.45) is 7.05 Å². The van der Waals surface area contributed by atoms with Gasteiger partial charge in [0.15, 0.2) is 0 Å². The van der Waals surface area contributed by atoms with Crippen molar-refractivity contribution in [2.75, 3.05) is 0 Å². The summed E-state index contributed by atoms with van der Waals surface area (Å²) in [5.41, 5.74) is 5.07. The third kappa shape index (κ3) is 1.84. The molecule has 3 heteroatoms. The van der Waals surface area contributed by atoms with Crippen LogP contribution < -0.4 is 5.32 Å². The molecule has 1 aliphatic rings. The summed E-state index contributed by atoms with van der Waals surface area (Å²) >= 11 is 0. The highest BCUT2D eigenvalue weighted by molar-refractivity contribution is 5.80. The Morgan fingerprint density at radius 2 is 2.12 bits per heavy atom. The van der Waals surface area contributed by atoms with E-state index in [1.54, 1.807) is 0 Å².